The third kappa shape index (κ3) is 5.56. The fraction of sp³-hybridized carbons (Fsp3) is 0.185. The predicted molar refractivity (Wildman–Crippen MR) is 149 cm³/mol. The number of aliphatic hydroxyl groups excluding tert-OH is 1. The van der Waals surface area contributed by atoms with Crippen LogP contribution in [0.3, 0.4) is 0 Å². The van der Waals surface area contributed by atoms with Crippen LogP contribution in [0.2, 0.25) is 5.02 Å². The van der Waals surface area contributed by atoms with E-state index in [0.717, 1.165) is 41.4 Å². The summed E-state index contributed by atoms with van der Waals surface area (Å²) in [5.41, 5.74) is 3.38. The molecule has 0 saturated heterocycles. The number of carbonyl (C=O) groups excluding carboxylic acids is 1. The van der Waals surface area contributed by atoms with Crippen LogP contribution in [0, 0.1) is 0 Å². The predicted octanol–water partition coefficient (Wildman–Crippen LogP) is 6.85. The zero-order valence-corrected chi connectivity index (χ0v) is 22.4. The van der Waals surface area contributed by atoms with Crippen molar-refractivity contribution in [1.82, 2.24) is 9.78 Å². The molecule has 0 fully saturated rings. The van der Waals surface area contributed by atoms with Crippen LogP contribution >= 0.6 is 34.3 Å². The van der Waals surface area contributed by atoms with Crippen LogP contribution in [0.15, 0.2) is 66.9 Å². The number of thiophene rings is 2. The number of hydrogen-bond donors (Lipinski definition) is 3. The molecule has 10 heteroatoms. The molecule has 0 saturated carbocycles. The van der Waals surface area contributed by atoms with Gasteiger partial charge in [0.25, 0.3) is 0 Å². The van der Waals surface area contributed by atoms with Gasteiger partial charge in [-0.25, -0.2) is 4.79 Å². The van der Waals surface area contributed by atoms with Gasteiger partial charge in [0.05, 0.1) is 11.8 Å². The molecular formula is C27H24ClN3O4S2. The minimum atomic E-state index is -1.41. The van der Waals surface area contributed by atoms with Crippen LogP contribution in [-0.2, 0) is 18.2 Å². The Bertz CT molecular complexity index is 1530. The van der Waals surface area contributed by atoms with Crippen molar-refractivity contribution in [3.8, 4) is 20.9 Å². The molecule has 5 aromatic rings. The number of fused-ring (bicyclic) bond motifs is 1. The van der Waals surface area contributed by atoms with Crippen molar-refractivity contribution in [2.45, 2.75) is 25.7 Å². The molecule has 0 aliphatic heterocycles. The molecule has 190 valence electrons. The molecule has 5 rings (SSSR count). The highest BCUT2D eigenvalue weighted by molar-refractivity contribution is 7.31. The third-order valence-electron chi connectivity index (χ3n) is 5.90. The van der Waals surface area contributed by atoms with Crippen molar-refractivity contribution in [2.75, 3.05) is 5.32 Å². The highest BCUT2D eigenvalue weighted by Gasteiger charge is 2.20. The Morgan fingerprint density at radius 3 is 2.38 bits per heavy atom. The lowest BCUT2D eigenvalue weighted by Crippen LogP contribution is -2.18. The molecule has 1 unspecified atom stereocenters. The SMILES string of the molecule is CC(OC(=O)Nc1c(-c2cc3sc(-c4ccc(CC(O)O)cc4Cl)cc3s2)cnn1C)c1ccccc1. The summed E-state index contributed by atoms with van der Waals surface area (Å²) in [6.07, 6.45) is -0.485. The molecule has 0 radical (unpaired) electrons. The van der Waals surface area contributed by atoms with E-state index < -0.39 is 18.5 Å². The fourth-order valence-corrected chi connectivity index (χ4v) is 6.85. The molecular weight excluding hydrogens is 530 g/mol. The normalized spacial score (nSPS) is 12.3. The molecule has 0 bridgehead atoms. The Kier molecular flexibility index (Phi) is 7.32. The van der Waals surface area contributed by atoms with E-state index in [9.17, 15) is 15.0 Å². The summed E-state index contributed by atoms with van der Waals surface area (Å²) in [7, 11) is 1.77. The highest BCUT2D eigenvalue weighted by atomic mass is 35.5. The molecule has 0 aliphatic carbocycles. The topological polar surface area (TPSA) is 96.6 Å². The number of aromatic nitrogens is 2. The lowest BCUT2D eigenvalue weighted by atomic mass is 10.1. The second kappa shape index (κ2) is 10.6. The monoisotopic (exact) mass is 553 g/mol. The number of benzene rings is 2. The van der Waals surface area contributed by atoms with Gasteiger partial charge in [-0.15, -0.1) is 22.7 Å². The zero-order valence-electron chi connectivity index (χ0n) is 20.0. The first-order valence-corrected chi connectivity index (χ1v) is 13.5. The minimum Gasteiger partial charge on any atom is -0.441 e. The molecule has 37 heavy (non-hydrogen) atoms. The molecule has 3 N–H and O–H groups in total. The summed E-state index contributed by atoms with van der Waals surface area (Å²) >= 11 is 9.72. The van der Waals surface area contributed by atoms with E-state index in [1.54, 1.807) is 46.7 Å². The van der Waals surface area contributed by atoms with Crippen LogP contribution in [0.4, 0.5) is 10.6 Å². The lowest BCUT2D eigenvalue weighted by Gasteiger charge is -2.14. The maximum atomic E-state index is 12.7. The number of amides is 1. The number of anilines is 1. The van der Waals surface area contributed by atoms with Gasteiger partial charge in [-0.05, 0) is 36.2 Å². The van der Waals surface area contributed by atoms with Gasteiger partial charge in [0.1, 0.15) is 11.9 Å². The van der Waals surface area contributed by atoms with Gasteiger partial charge in [0.15, 0.2) is 6.29 Å². The second-order valence-electron chi connectivity index (χ2n) is 8.56. The maximum absolute atomic E-state index is 12.7. The van der Waals surface area contributed by atoms with Crippen molar-refractivity contribution in [2.24, 2.45) is 7.05 Å². The molecule has 3 heterocycles. The van der Waals surface area contributed by atoms with Crippen molar-refractivity contribution < 1.29 is 19.7 Å². The number of aryl methyl sites for hydroxylation is 1. The third-order valence-corrected chi connectivity index (χ3v) is 8.57. The molecule has 1 amide bonds. The number of nitrogens with one attached hydrogen (secondary N) is 1. The summed E-state index contributed by atoms with van der Waals surface area (Å²) in [6.45, 7) is 1.83. The van der Waals surface area contributed by atoms with Gasteiger partial charge in [0.2, 0.25) is 0 Å². The Morgan fingerprint density at radius 2 is 1.73 bits per heavy atom. The molecule has 2 aromatic carbocycles. The smallest absolute Gasteiger partial charge is 0.413 e. The van der Waals surface area contributed by atoms with E-state index in [1.165, 1.54) is 0 Å². The number of carbonyl (C=O) groups is 1. The Morgan fingerprint density at radius 1 is 1.05 bits per heavy atom. The van der Waals surface area contributed by atoms with Gasteiger partial charge < -0.3 is 14.9 Å². The maximum Gasteiger partial charge on any atom is 0.413 e. The number of rotatable bonds is 7. The molecule has 0 spiro atoms. The van der Waals surface area contributed by atoms with Gasteiger partial charge in [0, 0.05) is 43.2 Å². The summed E-state index contributed by atoms with van der Waals surface area (Å²) in [4.78, 5) is 14.7. The molecule has 1 atom stereocenters. The first kappa shape index (κ1) is 25.4. The Labute approximate surface area is 226 Å². The van der Waals surface area contributed by atoms with Crippen LogP contribution in [0.25, 0.3) is 30.3 Å². The van der Waals surface area contributed by atoms with E-state index in [4.69, 9.17) is 16.3 Å². The highest BCUT2D eigenvalue weighted by Crippen LogP contribution is 2.44. The van der Waals surface area contributed by atoms with Crippen molar-refractivity contribution in [3.63, 3.8) is 0 Å². The van der Waals surface area contributed by atoms with E-state index in [-0.39, 0.29) is 6.42 Å². The van der Waals surface area contributed by atoms with Gasteiger partial charge in [-0.1, -0.05) is 54.1 Å². The van der Waals surface area contributed by atoms with Crippen LogP contribution in [-0.4, -0.2) is 32.4 Å². The van der Waals surface area contributed by atoms with Gasteiger partial charge in [-0.2, -0.15) is 5.10 Å². The van der Waals surface area contributed by atoms with Crippen LogP contribution < -0.4 is 5.32 Å². The first-order chi connectivity index (χ1) is 17.8. The van der Waals surface area contributed by atoms with E-state index in [1.807, 2.05) is 49.4 Å². The van der Waals surface area contributed by atoms with Crippen molar-refractivity contribution in [3.05, 3.63) is 83.0 Å². The second-order valence-corrected chi connectivity index (χ2v) is 11.1. The Balaban J connectivity index is 1.35. The number of nitrogens with zero attached hydrogens (tertiary/aromatic N) is 2. The number of aliphatic hydroxyl groups is 2. The summed E-state index contributed by atoms with van der Waals surface area (Å²) in [6, 6.07) is 19.3. The minimum absolute atomic E-state index is 0.128. The zero-order chi connectivity index (χ0) is 26.1. The van der Waals surface area contributed by atoms with E-state index in [2.05, 4.69) is 22.5 Å². The van der Waals surface area contributed by atoms with Gasteiger partial charge in [-0.3, -0.25) is 10.00 Å². The van der Waals surface area contributed by atoms with Crippen molar-refractivity contribution in [1.29, 1.82) is 0 Å². The average molecular weight is 554 g/mol. The fourth-order valence-electron chi connectivity index (χ4n) is 4.04. The average Bonchev–Trinajstić information content (AvgIpc) is 3.53. The lowest BCUT2D eigenvalue weighted by molar-refractivity contribution is -0.0381. The van der Waals surface area contributed by atoms with Crippen LogP contribution in [0.5, 0.6) is 0 Å². The van der Waals surface area contributed by atoms with Gasteiger partial charge >= 0.3 is 6.09 Å². The van der Waals surface area contributed by atoms with Crippen molar-refractivity contribution >= 4 is 55.6 Å². The summed E-state index contributed by atoms with van der Waals surface area (Å²) < 4.78 is 9.38. The largest absolute Gasteiger partial charge is 0.441 e. The summed E-state index contributed by atoms with van der Waals surface area (Å²) in [5.74, 6) is 0.559. The molecule has 0 aliphatic rings. The molecule has 3 aromatic heterocycles. The van der Waals surface area contributed by atoms with Crippen LogP contribution in [0.1, 0.15) is 24.2 Å². The number of hydrogen-bond acceptors (Lipinski definition) is 7. The van der Waals surface area contributed by atoms with E-state index in [0.29, 0.717) is 10.8 Å². The number of ether oxygens (including phenoxy) is 1. The summed E-state index contributed by atoms with van der Waals surface area (Å²) in [5, 5.41) is 26.2. The number of halogens is 1. The van der Waals surface area contributed by atoms with E-state index >= 15 is 0 Å². The first-order valence-electron chi connectivity index (χ1n) is 11.5. The quantitative estimate of drug-likeness (QED) is 0.192. The molecule has 7 nitrogen and oxygen atoms in total. The standard InChI is InChI=1S/C27H24ClN3O4S2/c1-15(17-6-4-3-5-7-17)35-27(34)30-26-19(14-29-31(26)2)22-13-24-23(37-22)12-21(36-24)18-9-8-16(10-20(18)28)11-25(32)33/h3-10,12-15,25,32-33H,11H2,1-2H3,(H,30,34). The Hall–Kier alpha value is -3.21.